The highest BCUT2D eigenvalue weighted by atomic mass is 19.4. The second kappa shape index (κ2) is 11.6. The van der Waals surface area contributed by atoms with Crippen LogP contribution in [0.3, 0.4) is 0 Å². The van der Waals surface area contributed by atoms with E-state index in [0.29, 0.717) is 57.7 Å². The van der Waals surface area contributed by atoms with E-state index in [0.717, 1.165) is 18.4 Å². The van der Waals surface area contributed by atoms with Crippen LogP contribution in [0.25, 0.3) is 0 Å². The first-order chi connectivity index (χ1) is 18.0. The predicted octanol–water partition coefficient (Wildman–Crippen LogP) is 5.39. The average Bonchev–Trinajstić information content (AvgIpc) is 2.90. The molecule has 5 nitrogen and oxygen atoms in total. The van der Waals surface area contributed by atoms with Crippen molar-refractivity contribution in [3.8, 4) is 0 Å². The molecule has 4 rings (SSSR count). The zero-order chi connectivity index (χ0) is 27.4. The summed E-state index contributed by atoms with van der Waals surface area (Å²) in [4.78, 5) is 18.1. The van der Waals surface area contributed by atoms with Crippen molar-refractivity contribution >= 4 is 5.91 Å². The van der Waals surface area contributed by atoms with Crippen LogP contribution in [-0.4, -0.2) is 37.2 Å². The number of rotatable bonds is 7. The topological polar surface area (TPSA) is 63.2 Å². The molecular weight excluding hydrogens is 512 g/mol. The molecule has 0 bridgehead atoms. The number of nitrogens with one attached hydrogen (secondary N) is 2. The van der Waals surface area contributed by atoms with Gasteiger partial charge in [0.25, 0.3) is 0 Å². The van der Waals surface area contributed by atoms with E-state index < -0.39 is 35.4 Å². The molecule has 11 heteroatoms. The molecule has 2 fully saturated rings. The molecule has 2 aromatic rings. The highest BCUT2D eigenvalue weighted by Gasteiger charge is 2.49. The lowest BCUT2D eigenvalue weighted by molar-refractivity contribution is -0.143. The fourth-order valence-electron chi connectivity index (χ4n) is 5.82. The van der Waals surface area contributed by atoms with E-state index in [2.05, 4.69) is 15.6 Å². The molecule has 2 aliphatic rings. The molecule has 208 valence electrons. The van der Waals surface area contributed by atoms with Gasteiger partial charge in [0, 0.05) is 32.2 Å². The van der Waals surface area contributed by atoms with E-state index in [4.69, 9.17) is 4.74 Å². The summed E-state index contributed by atoms with van der Waals surface area (Å²) < 4.78 is 85.5. The van der Waals surface area contributed by atoms with Gasteiger partial charge in [-0.25, -0.2) is 0 Å². The summed E-state index contributed by atoms with van der Waals surface area (Å²) in [5, 5.41) is 5.99. The minimum atomic E-state index is -4.95. The second-order valence-corrected chi connectivity index (χ2v) is 10.1. The van der Waals surface area contributed by atoms with Crippen LogP contribution >= 0.6 is 0 Å². The summed E-state index contributed by atoms with van der Waals surface area (Å²) in [6.45, 7) is 1.89. The summed E-state index contributed by atoms with van der Waals surface area (Å²) in [6, 6.07) is 5.20. The van der Waals surface area contributed by atoms with Gasteiger partial charge in [0.15, 0.2) is 0 Å². The number of hydrogen-bond acceptors (Lipinski definition) is 4. The maximum Gasteiger partial charge on any atom is 0.416 e. The lowest BCUT2D eigenvalue weighted by Crippen LogP contribution is -2.54. The summed E-state index contributed by atoms with van der Waals surface area (Å²) in [5.41, 5.74) is -2.91. The lowest BCUT2D eigenvalue weighted by Gasteiger charge is -2.47. The monoisotopic (exact) mass is 543 g/mol. The van der Waals surface area contributed by atoms with E-state index in [-0.39, 0.29) is 29.4 Å². The number of carbonyl (C=O) groups is 1. The number of carbonyl (C=O) groups excluding carboxylic acids is 1. The molecule has 1 aromatic carbocycles. The minimum Gasteiger partial charge on any atom is -0.381 e. The maximum absolute atomic E-state index is 13.9. The van der Waals surface area contributed by atoms with Gasteiger partial charge < -0.3 is 15.4 Å². The van der Waals surface area contributed by atoms with Crippen molar-refractivity contribution in [2.24, 2.45) is 17.3 Å². The lowest BCUT2D eigenvalue weighted by atomic mass is 9.60. The Labute approximate surface area is 217 Å². The first-order valence-electron chi connectivity index (χ1n) is 12.7. The first-order valence-corrected chi connectivity index (χ1v) is 12.7. The highest BCUT2D eigenvalue weighted by Crippen LogP contribution is 2.46. The van der Waals surface area contributed by atoms with Crippen LogP contribution in [-0.2, 0) is 34.8 Å². The van der Waals surface area contributed by atoms with Gasteiger partial charge in [0.05, 0.1) is 16.5 Å². The molecule has 1 aromatic heterocycles. The predicted molar refractivity (Wildman–Crippen MR) is 128 cm³/mol. The van der Waals surface area contributed by atoms with E-state index in [1.54, 1.807) is 12.4 Å². The number of benzene rings is 1. The van der Waals surface area contributed by atoms with Crippen LogP contribution in [0.1, 0.15) is 47.9 Å². The molecule has 2 aliphatic heterocycles. The van der Waals surface area contributed by atoms with Gasteiger partial charge in [-0.1, -0.05) is 6.07 Å². The Morgan fingerprint density at radius 1 is 1.03 bits per heavy atom. The number of halogens is 6. The Balaban J connectivity index is 1.63. The van der Waals surface area contributed by atoms with Crippen molar-refractivity contribution in [1.82, 2.24) is 15.6 Å². The molecule has 2 N–H and O–H groups in total. The van der Waals surface area contributed by atoms with Gasteiger partial charge in [-0.2, -0.15) is 26.3 Å². The molecule has 2 saturated heterocycles. The first kappa shape index (κ1) is 28.4. The van der Waals surface area contributed by atoms with E-state index >= 15 is 0 Å². The third-order valence-electron chi connectivity index (χ3n) is 7.77. The Bertz CT molecular complexity index is 1050. The Kier molecular flexibility index (Phi) is 8.66. The third kappa shape index (κ3) is 6.66. The van der Waals surface area contributed by atoms with Crippen molar-refractivity contribution in [1.29, 1.82) is 0 Å². The van der Waals surface area contributed by atoms with Crippen LogP contribution < -0.4 is 10.6 Å². The van der Waals surface area contributed by atoms with Gasteiger partial charge in [0.1, 0.15) is 0 Å². The van der Waals surface area contributed by atoms with Crippen molar-refractivity contribution in [2.75, 3.05) is 26.3 Å². The Hall–Kier alpha value is -2.66. The second-order valence-electron chi connectivity index (χ2n) is 10.1. The normalized spacial score (nSPS) is 19.6. The van der Waals surface area contributed by atoms with E-state index in [1.807, 2.05) is 12.1 Å². The van der Waals surface area contributed by atoms with Crippen LogP contribution in [0, 0.1) is 17.3 Å². The van der Waals surface area contributed by atoms with Crippen molar-refractivity contribution in [2.45, 2.75) is 51.0 Å². The molecule has 1 unspecified atom stereocenters. The van der Waals surface area contributed by atoms with Gasteiger partial charge in [-0.15, -0.1) is 0 Å². The molecule has 38 heavy (non-hydrogen) atoms. The number of aromatic nitrogens is 1. The smallest absolute Gasteiger partial charge is 0.381 e. The molecule has 1 amide bonds. The molecule has 3 heterocycles. The van der Waals surface area contributed by atoms with Crippen molar-refractivity contribution in [3.63, 3.8) is 0 Å². The largest absolute Gasteiger partial charge is 0.416 e. The number of amides is 1. The minimum absolute atomic E-state index is 0.0920. The number of pyridine rings is 1. The van der Waals surface area contributed by atoms with Gasteiger partial charge >= 0.3 is 12.4 Å². The summed E-state index contributed by atoms with van der Waals surface area (Å²) in [7, 11) is 0. The summed E-state index contributed by atoms with van der Waals surface area (Å²) >= 11 is 0. The van der Waals surface area contributed by atoms with Crippen LogP contribution in [0.4, 0.5) is 26.3 Å². The number of nitrogens with zero attached hydrogens (tertiary/aromatic N) is 1. The molecule has 0 radical (unpaired) electrons. The Morgan fingerprint density at radius 2 is 1.66 bits per heavy atom. The highest BCUT2D eigenvalue weighted by molar-refractivity contribution is 5.83. The van der Waals surface area contributed by atoms with Crippen LogP contribution in [0.5, 0.6) is 0 Å². The summed E-state index contributed by atoms with van der Waals surface area (Å²) in [5.74, 6) is -0.256. The summed E-state index contributed by atoms with van der Waals surface area (Å²) in [6.07, 6.45) is -3.30. The standard InChI is InChI=1S/C27H31F6N3O2/c28-26(29,30)21-12-19(13-22(15-21)27(31,32)33)17-36-24(37)25(5-8-34-9-6-25)23(20-3-10-38-11-4-20)14-18-2-1-7-35-16-18/h1-2,7,12-13,15-16,20,23,34H,3-6,8-11,14,17H2,(H,36,37). The van der Waals surface area contributed by atoms with E-state index in [9.17, 15) is 31.1 Å². The average molecular weight is 544 g/mol. The number of ether oxygens (including phenoxy) is 1. The maximum atomic E-state index is 13.9. The van der Waals surface area contributed by atoms with Crippen LogP contribution in [0.2, 0.25) is 0 Å². The molecule has 0 spiro atoms. The molecule has 1 atom stereocenters. The van der Waals surface area contributed by atoms with Crippen LogP contribution in [0.15, 0.2) is 42.7 Å². The number of hydrogen-bond donors (Lipinski definition) is 2. The van der Waals surface area contributed by atoms with Crippen molar-refractivity contribution in [3.05, 3.63) is 65.0 Å². The van der Waals surface area contributed by atoms with Gasteiger partial charge in [0.2, 0.25) is 5.91 Å². The van der Waals surface area contributed by atoms with E-state index in [1.165, 1.54) is 0 Å². The third-order valence-corrected chi connectivity index (χ3v) is 7.77. The SMILES string of the molecule is O=C(NCc1cc(C(F)(F)F)cc(C(F)(F)F)c1)C1(C(Cc2cccnc2)C2CCOCC2)CCNCC1. The molecule has 0 saturated carbocycles. The molecular formula is C27H31F6N3O2. The number of piperidine rings is 1. The Morgan fingerprint density at radius 3 is 2.21 bits per heavy atom. The zero-order valence-electron chi connectivity index (χ0n) is 20.8. The fraction of sp³-hybridized carbons (Fsp3) is 0.556. The van der Waals surface area contributed by atoms with Crippen molar-refractivity contribution < 1.29 is 35.9 Å². The molecule has 0 aliphatic carbocycles. The fourth-order valence-corrected chi connectivity index (χ4v) is 5.82. The van der Waals surface area contributed by atoms with Gasteiger partial charge in [-0.3, -0.25) is 9.78 Å². The number of alkyl halides is 6. The van der Waals surface area contributed by atoms with Gasteiger partial charge in [-0.05, 0) is 92.4 Å². The zero-order valence-corrected chi connectivity index (χ0v) is 20.8. The quantitative estimate of drug-likeness (QED) is 0.460.